The molecule has 0 spiro atoms. The van der Waals surface area contributed by atoms with Crippen LogP contribution in [0.1, 0.15) is 64.2 Å². The topological polar surface area (TPSA) is 95.9 Å². The van der Waals surface area contributed by atoms with E-state index in [1.807, 2.05) is 6.08 Å². The number of carbonyl (C=O) groups is 2. The average Bonchev–Trinajstić information content (AvgIpc) is 2.96. The minimum absolute atomic E-state index is 0.00409. The van der Waals surface area contributed by atoms with Gasteiger partial charge in [-0.05, 0) is 38.0 Å². The number of carbonyl (C=O) groups excluding carboxylic acids is 2. The Morgan fingerprint density at radius 2 is 1.80 bits per heavy atom. The zero-order valence-corrected chi connectivity index (χ0v) is 15.3. The van der Waals surface area contributed by atoms with E-state index in [0.29, 0.717) is 19.3 Å². The maximum absolute atomic E-state index is 11.9. The number of hydrogen-bond acceptors (Lipinski definition) is 5. The van der Waals surface area contributed by atoms with Crippen molar-refractivity contribution in [2.24, 2.45) is 5.92 Å². The molecule has 25 heavy (non-hydrogen) atoms. The van der Waals surface area contributed by atoms with Crippen LogP contribution in [0, 0.1) is 5.92 Å². The second-order valence-corrected chi connectivity index (χ2v) is 6.85. The Bertz CT molecular complexity index is 424. The SMILES string of the molecule is COC(=O)C=CCCCCCCCCC(=O)NC1CC(CO)CC1O. The number of nitrogens with one attached hydrogen (secondary N) is 1. The Morgan fingerprint density at radius 3 is 2.44 bits per heavy atom. The Labute approximate surface area is 150 Å². The fourth-order valence-corrected chi connectivity index (χ4v) is 3.20. The van der Waals surface area contributed by atoms with Gasteiger partial charge in [0.2, 0.25) is 5.91 Å². The number of allylic oxidation sites excluding steroid dienone is 1. The highest BCUT2D eigenvalue weighted by molar-refractivity contribution is 5.81. The molecule has 144 valence electrons. The fraction of sp³-hybridized carbons (Fsp3) is 0.789. The third-order valence-corrected chi connectivity index (χ3v) is 4.71. The molecule has 6 heteroatoms. The van der Waals surface area contributed by atoms with Crippen LogP contribution < -0.4 is 5.32 Å². The van der Waals surface area contributed by atoms with E-state index in [9.17, 15) is 14.7 Å². The van der Waals surface area contributed by atoms with Crippen LogP contribution in [0.15, 0.2) is 12.2 Å². The van der Waals surface area contributed by atoms with Crippen molar-refractivity contribution in [1.29, 1.82) is 0 Å². The number of esters is 1. The first kappa shape index (κ1) is 21.6. The lowest BCUT2D eigenvalue weighted by Crippen LogP contribution is -2.39. The summed E-state index contributed by atoms with van der Waals surface area (Å²) in [5.74, 6) is -0.214. The van der Waals surface area contributed by atoms with E-state index in [0.717, 1.165) is 44.9 Å². The minimum atomic E-state index is -0.533. The van der Waals surface area contributed by atoms with Crippen molar-refractivity contribution in [3.05, 3.63) is 12.2 Å². The van der Waals surface area contributed by atoms with Gasteiger partial charge in [0.1, 0.15) is 0 Å². The lowest BCUT2D eigenvalue weighted by molar-refractivity contribution is -0.134. The highest BCUT2D eigenvalue weighted by Gasteiger charge is 2.33. The van der Waals surface area contributed by atoms with Crippen molar-refractivity contribution in [2.75, 3.05) is 13.7 Å². The Hall–Kier alpha value is -1.40. The molecule has 3 unspecified atom stereocenters. The van der Waals surface area contributed by atoms with Crippen molar-refractivity contribution in [2.45, 2.75) is 76.4 Å². The number of unbranched alkanes of at least 4 members (excludes halogenated alkanes) is 6. The molecule has 1 amide bonds. The van der Waals surface area contributed by atoms with Gasteiger partial charge < -0.3 is 20.3 Å². The summed E-state index contributed by atoms with van der Waals surface area (Å²) in [6.07, 6.45) is 11.7. The van der Waals surface area contributed by atoms with Crippen molar-refractivity contribution in [3.8, 4) is 0 Å². The molecule has 1 aliphatic carbocycles. The molecule has 0 heterocycles. The summed E-state index contributed by atoms with van der Waals surface area (Å²) in [5.41, 5.74) is 0. The third kappa shape index (κ3) is 9.60. The molecule has 3 N–H and O–H groups in total. The van der Waals surface area contributed by atoms with E-state index < -0.39 is 6.10 Å². The van der Waals surface area contributed by atoms with E-state index in [4.69, 9.17) is 5.11 Å². The monoisotopic (exact) mass is 355 g/mol. The normalized spacial score (nSPS) is 23.1. The first-order valence-corrected chi connectivity index (χ1v) is 9.39. The summed E-state index contributed by atoms with van der Waals surface area (Å²) in [5, 5.41) is 21.9. The molecule has 1 fully saturated rings. The number of aliphatic hydroxyl groups excluding tert-OH is 2. The summed E-state index contributed by atoms with van der Waals surface area (Å²) in [6, 6.07) is -0.206. The lowest BCUT2D eigenvalue weighted by Gasteiger charge is -2.16. The summed E-state index contributed by atoms with van der Waals surface area (Å²) in [6.45, 7) is 0.0713. The number of methoxy groups -OCH3 is 1. The van der Waals surface area contributed by atoms with E-state index >= 15 is 0 Å². The zero-order chi connectivity index (χ0) is 18.5. The van der Waals surface area contributed by atoms with Crippen LogP contribution in [0.3, 0.4) is 0 Å². The molecule has 0 saturated heterocycles. The van der Waals surface area contributed by atoms with Crippen molar-refractivity contribution in [1.82, 2.24) is 5.32 Å². The Balaban J connectivity index is 1.95. The minimum Gasteiger partial charge on any atom is -0.466 e. The van der Waals surface area contributed by atoms with Gasteiger partial charge in [0.05, 0.1) is 19.3 Å². The van der Waals surface area contributed by atoms with Gasteiger partial charge in [-0.3, -0.25) is 4.79 Å². The molecule has 1 saturated carbocycles. The first-order valence-electron chi connectivity index (χ1n) is 9.39. The maximum atomic E-state index is 11.9. The van der Waals surface area contributed by atoms with Gasteiger partial charge in [0, 0.05) is 19.1 Å². The molecule has 1 aliphatic rings. The first-order chi connectivity index (χ1) is 12.1. The van der Waals surface area contributed by atoms with Crippen molar-refractivity contribution in [3.63, 3.8) is 0 Å². The summed E-state index contributed by atoms with van der Waals surface area (Å²) in [7, 11) is 1.37. The average molecular weight is 355 g/mol. The summed E-state index contributed by atoms with van der Waals surface area (Å²) in [4.78, 5) is 22.8. The largest absolute Gasteiger partial charge is 0.466 e. The number of aliphatic hydroxyl groups is 2. The number of rotatable bonds is 12. The van der Waals surface area contributed by atoms with Crippen LogP contribution in [0.25, 0.3) is 0 Å². The molecule has 0 bridgehead atoms. The molecule has 3 atom stereocenters. The van der Waals surface area contributed by atoms with Gasteiger partial charge in [0.15, 0.2) is 0 Å². The Morgan fingerprint density at radius 1 is 1.12 bits per heavy atom. The van der Waals surface area contributed by atoms with Gasteiger partial charge in [-0.15, -0.1) is 0 Å². The molecule has 6 nitrogen and oxygen atoms in total. The second-order valence-electron chi connectivity index (χ2n) is 6.85. The predicted octanol–water partition coefficient (Wildman–Crippen LogP) is 2.08. The van der Waals surface area contributed by atoms with Gasteiger partial charge in [-0.2, -0.15) is 0 Å². The number of amides is 1. The molecular formula is C19H33NO5. The van der Waals surface area contributed by atoms with Crippen LogP contribution in [0.4, 0.5) is 0 Å². The fourth-order valence-electron chi connectivity index (χ4n) is 3.20. The molecule has 1 rings (SSSR count). The number of ether oxygens (including phenoxy) is 1. The second kappa shape index (κ2) is 12.9. The smallest absolute Gasteiger partial charge is 0.330 e. The summed E-state index contributed by atoms with van der Waals surface area (Å²) >= 11 is 0. The molecule has 0 aromatic heterocycles. The highest BCUT2D eigenvalue weighted by Crippen LogP contribution is 2.25. The van der Waals surface area contributed by atoms with Crippen molar-refractivity contribution >= 4 is 11.9 Å². The highest BCUT2D eigenvalue weighted by atomic mass is 16.5. The molecule has 0 aromatic carbocycles. The van der Waals surface area contributed by atoms with Gasteiger partial charge in [-0.1, -0.05) is 31.8 Å². The van der Waals surface area contributed by atoms with Crippen LogP contribution in [0.5, 0.6) is 0 Å². The lowest BCUT2D eigenvalue weighted by atomic mass is 10.1. The van der Waals surface area contributed by atoms with Crippen LogP contribution in [-0.4, -0.2) is 48.0 Å². The number of hydrogen-bond donors (Lipinski definition) is 3. The molecule has 0 radical (unpaired) electrons. The quantitative estimate of drug-likeness (QED) is 0.283. The van der Waals surface area contributed by atoms with Gasteiger partial charge >= 0.3 is 5.97 Å². The van der Waals surface area contributed by atoms with E-state index in [1.165, 1.54) is 13.2 Å². The predicted molar refractivity (Wildman–Crippen MR) is 95.8 cm³/mol. The maximum Gasteiger partial charge on any atom is 0.330 e. The standard InChI is InChI=1S/C19H33NO5/c1-25-19(24)11-9-7-5-3-2-4-6-8-10-18(23)20-16-12-15(14-21)13-17(16)22/h9,11,15-17,21-22H,2-8,10,12-14H2,1H3,(H,20,23). The molecule has 0 aromatic rings. The van der Waals surface area contributed by atoms with E-state index in [2.05, 4.69) is 10.1 Å². The summed E-state index contributed by atoms with van der Waals surface area (Å²) < 4.78 is 4.52. The zero-order valence-electron chi connectivity index (χ0n) is 15.3. The van der Waals surface area contributed by atoms with Crippen LogP contribution in [0.2, 0.25) is 0 Å². The Kier molecular flexibility index (Phi) is 11.2. The van der Waals surface area contributed by atoms with Crippen molar-refractivity contribution < 1.29 is 24.5 Å². The molecule has 0 aliphatic heterocycles. The van der Waals surface area contributed by atoms with Crippen LogP contribution in [-0.2, 0) is 14.3 Å². The third-order valence-electron chi connectivity index (χ3n) is 4.71. The van der Waals surface area contributed by atoms with Gasteiger partial charge in [0.25, 0.3) is 0 Å². The van der Waals surface area contributed by atoms with E-state index in [1.54, 1.807) is 0 Å². The molecular weight excluding hydrogens is 322 g/mol. The van der Waals surface area contributed by atoms with E-state index in [-0.39, 0.29) is 30.4 Å². The van der Waals surface area contributed by atoms with Crippen LogP contribution >= 0.6 is 0 Å². The van der Waals surface area contributed by atoms with Gasteiger partial charge in [-0.25, -0.2) is 4.79 Å².